The normalized spacial score (nSPS) is 12.6. The van der Waals surface area contributed by atoms with E-state index in [1.165, 1.54) is 23.9 Å². The highest BCUT2D eigenvalue weighted by atomic mass is 32.2. The van der Waals surface area contributed by atoms with Crippen LogP contribution in [0.2, 0.25) is 0 Å². The highest BCUT2D eigenvalue weighted by Crippen LogP contribution is 2.24. The summed E-state index contributed by atoms with van der Waals surface area (Å²) in [5.41, 5.74) is 0.812. The summed E-state index contributed by atoms with van der Waals surface area (Å²) in [5.74, 6) is 0.283. The SMILES string of the molecule is CCn1cc(C(O)CSc2ccc(F)cc2)cn1. The van der Waals surface area contributed by atoms with E-state index in [1.807, 2.05) is 13.1 Å². The molecule has 1 aromatic heterocycles. The van der Waals surface area contributed by atoms with Crippen LogP contribution in [0.1, 0.15) is 18.6 Å². The number of benzene rings is 1. The molecule has 1 atom stereocenters. The van der Waals surface area contributed by atoms with Crippen molar-refractivity contribution < 1.29 is 9.50 Å². The van der Waals surface area contributed by atoms with E-state index in [0.29, 0.717) is 5.75 Å². The molecule has 0 fully saturated rings. The van der Waals surface area contributed by atoms with E-state index >= 15 is 0 Å². The quantitative estimate of drug-likeness (QED) is 0.846. The fraction of sp³-hybridized carbons (Fsp3) is 0.308. The van der Waals surface area contributed by atoms with Gasteiger partial charge in [0.15, 0.2) is 0 Å². The zero-order chi connectivity index (χ0) is 13.0. The molecule has 0 spiro atoms. The lowest BCUT2D eigenvalue weighted by Gasteiger charge is -2.07. The van der Waals surface area contributed by atoms with Crippen molar-refractivity contribution in [3.63, 3.8) is 0 Å². The second kappa shape index (κ2) is 6.02. The average molecular weight is 266 g/mol. The van der Waals surface area contributed by atoms with Crippen LogP contribution in [0.5, 0.6) is 0 Å². The molecule has 1 N–H and O–H groups in total. The molecule has 5 heteroatoms. The smallest absolute Gasteiger partial charge is 0.123 e. The summed E-state index contributed by atoms with van der Waals surface area (Å²) in [7, 11) is 0. The number of aliphatic hydroxyl groups excluding tert-OH is 1. The first-order valence-corrected chi connectivity index (χ1v) is 6.76. The second-order valence-corrected chi connectivity index (χ2v) is 5.00. The van der Waals surface area contributed by atoms with Gasteiger partial charge in [0.05, 0.1) is 12.3 Å². The lowest BCUT2D eigenvalue weighted by atomic mass is 10.2. The molecule has 0 radical (unpaired) electrons. The van der Waals surface area contributed by atoms with E-state index in [0.717, 1.165) is 17.0 Å². The maximum absolute atomic E-state index is 12.7. The van der Waals surface area contributed by atoms with Gasteiger partial charge in [0.1, 0.15) is 5.82 Å². The standard InChI is InChI=1S/C13H15FN2OS/c1-2-16-8-10(7-15-16)13(17)9-18-12-5-3-11(14)4-6-12/h3-8,13,17H,2,9H2,1H3. The third kappa shape index (κ3) is 3.34. The summed E-state index contributed by atoms with van der Waals surface area (Å²) in [5, 5.41) is 14.1. The molecule has 18 heavy (non-hydrogen) atoms. The number of hydrogen-bond donors (Lipinski definition) is 1. The fourth-order valence-electron chi connectivity index (χ4n) is 1.53. The van der Waals surface area contributed by atoms with Gasteiger partial charge in [-0.15, -0.1) is 11.8 Å². The molecule has 96 valence electrons. The number of nitrogens with zero attached hydrogens (tertiary/aromatic N) is 2. The molecule has 0 aliphatic carbocycles. The number of rotatable bonds is 5. The van der Waals surface area contributed by atoms with E-state index in [2.05, 4.69) is 5.10 Å². The molecule has 2 aromatic rings. The summed E-state index contributed by atoms with van der Waals surface area (Å²) in [4.78, 5) is 0.943. The Labute approximate surface area is 110 Å². The summed E-state index contributed by atoms with van der Waals surface area (Å²) in [6.45, 7) is 2.79. The van der Waals surface area contributed by atoms with Crippen LogP contribution in [0.4, 0.5) is 4.39 Å². The summed E-state index contributed by atoms with van der Waals surface area (Å²) in [6.07, 6.45) is 2.97. The Hall–Kier alpha value is -1.33. The minimum absolute atomic E-state index is 0.246. The Morgan fingerprint density at radius 3 is 2.72 bits per heavy atom. The Balaban J connectivity index is 1.91. The highest BCUT2D eigenvalue weighted by molar-refractivity contribution is 7.99. The molecule has 0 amide bonds. The van der Waals surface area contributed by atoms with Gasteiger partial charge in [0, 0.05) is 29.0 Å². The van der Waals surface area contributed by atoms with Gasteiger partial charge in [-0.1, -0.05) is 0 Å². The molecule has 2 rings (SSSR count). The van der Waals surface area contributed by atoms with Gasteiger partial charge < -0.3 is 5.11 Å². The van der Waals surface area contributed by atoms with Crippen LogP contribution in [0, 0.1) is 5.82 Å². The number of hydrogen-bond acceptors (Lipinski definition) is 3. The van der Waals surface area contributed by atoms with Crippen LogP contribution < -0.4 is 0 Å². The van der Waals surface area contributed by atoms with Gasteiger partial charge >= 0.3 is 0 Å². The Kier molecular flexibility index (Phi) is 4.38. The summed E-state index contributed by atoms with van der Waals surface area (Å²) < 4.78 is 14.5. The second-order valence-electron chi connectivity index (χ2n) is 3.91. The Bertz CT molecular complexity index is 498. The van der Waals surface area contributed by atoms with Crippen molar-refractivity contribution in [1.29, 1.82) is 0 Å². The lowest BCUT2D eigenvalue weighted by molar-refractivity contribution is 0.204. The minimum atomic E-state index is -0.555. The monoisotopic (exact) mass is 266 g/mol. The minimum Gasteiger partial charge on any atom is -0.387 e. The highest BCUT2D eigenvalue weighted by Gasteiger charge is 2.10. The molecule has 0 saturated heterocycles. The van der Waals surface area contributed by atoms with Crippen molar-refractivity contribution >= 4 is 11.8 Å². The van der Waals surface area contributed by atoms with Crippen molar-refractivity contribution in [3.8, 4) is 0 Å². The molecule has 1 unspecified atom stereocenters. The maximum Gasteiger partial charge on any atom is 0.123 e. The van der Waals surface area contributed by atoms with Crippen molar-refractivity contribution in [2.24, 2.45) is 0 Å². The number of aromatic nitrogens is 2. The molecule has 3 nitrogen and oxygen atoms in total. The van der Waals surface area contributed by atoms with Crippen LogP contribution >= 0.6 is 11.8 Å². The number of aliphatic hydroxyl groups is 1. The van der Waals surface area contributed by atoms with E-state index < -0.39 is 6.10 Å². The Morgan fingerprint density at radius 1 is 1.39 bits per heavy atom. The number of halogens is 1. The van der Waals surface area contributed by atoms with Gasteiger partial charge in [0.25, 0.3) is 0 Å². The summed E-state index contributed by atoms with van der Waals surface area (Å²) in [6, 6.07) is 6.26. The van der Waals surface area contributed by atoms with Crippen LogP contribution in [-0.4, -0.2) is 20.6 Å². The van der Waals surface area contributed by atoms with Gasteiger partial charge in [-0.05, 0) is 31.2 Å². The summed E-state index contributed by atoms with van der Waals surface area (Å²) >= 11 is 1.50. The average Bonchev–Trinajstić information content (AvgIpc) is 2.86. The predicted octanol–water partition coefficient (Wildman–Crippen LogP) is 2.87. The van der Waals surface area contributed by atoms with Crippen LogP contribution in [-0.2, 0) is 6.54 Å². The first-order valence-electron chi connectivity index (χ1n) is 5.78. The van der Waals surface area contributed by atoms with Gasteiger partial charge in [-0.2, -0.15) is 5.10 Å². The van der Waals surface area contributed by atoms with Crippen molar-refractivity contribution in [2.45, 2.75) is 24.5 Å². The van der Waals surface area contributed by atoms with E-state index in [-0.39, 0.29) is 5.82 Å². The van der Waals surface area contributed by atoms with Gasteiger partial charge in [0.2, 0.25) is 0 Å². The lowest BCUT2D eigenvalue weighted by Crippen LogP contribution is -1.99. The van der Waals surface area contributed by atoms with Crippen molar-refractivity contribution in [1.82, 2.24) is 9.78 Å². The molecule has 0 aliphatic rings. The van der Waals surface area contributed by atoms with Crippen molar-refractivity contribution in [3.05, 3.63) is 48.0 Å². The van der Waals surface area contributed by atoms with E-state index in [1.54, 1.807) is 23.0 Å². The molecular formula is C13H15FN2OS. The number of aryl methyl sites for hydroxylation is 1. The van der Waals surface area contributed by atoms with E-state index in [9.17, 15) is 9.50 Å². The maximum atomic E-state index is 12.7. The first kappa shape index (κ1) is 13.1. The molecule has 1 aromatic carbocycles. The molecule has 1 heterocycles. The van der Waals surface area contributed by atoms with Crippen molar-refractivity contribution in [2.75, 3.05) is 5.75 Å². The third-order valence-corrected chi connectivity index (χ3v) is 3.67. The third-order valence-electron chi connectivity index (χ3n) is 2.58. The largest absolute Gasteiger partial charge is 0.387 e. The zero-order valence-corrected chi connectivity index (χ0v) is 10.9. The predicted molar refractivity (Wildman–Crippen MR) is 70.0 cm³/mol. The molecule has 0 aliphatic heterocycles. The molecule has 0 bridgehead atoms. The first-order chi connectivity index (χ1) is 8.69. The van der Waals surface area contributed by atoms with Gasteiger partial charge in [-0.25, -0.2) is 4.39 Å². The fourth-order valence-corrected chi connectivity index (χ4v) is 2.40. The van der Waals surface area contributed by atoms with Crippen LogP contribution in [0.3, 0.4) is 0 Å². The van der Waals surface area contributed by atoms with Gasteiger partial charge in [-0.3, -0.25) is 4.68 Å². The van der Waals surface area contributed by atoms with E-state index in [4.69, 9.17) is 0 Å². The van der Waals surface area contributed by atoms with Crippen LogP contribution in [0.15, 0.2) is 41.6 Å². The van der Waals surface area contributed by atoms with Crippen LogP contribution in [0.25, 0.3) is 0 Å². The molecular weight excluding hydrogens is 251 g/mol. The zero-order valence-electron chi connectivity index (χ0n) is 10.1. The molecule has 0 saturated carbocycles. The number of thioether (sulfide) groups is 1. The Morgan fingerprint density at radius 2 is 2.11 bits per heavy atom. The topological polar surface area (TPSA) is 38.0 Å².